The van der Waals surface area contributed by atoms with Crippen molar-refractivity contribution in [3.05, 3.63) is 34.1 Å². The second kappa shape index (κ2) is 7.63. The smallest absolute Gasteiger partial charge is 0.252 e. The molecule has 0 heterocycles. The van der Waals surface area contributed by atoms with Crippen LogP contribution in [-0.2, 0) is 0 Å². The Labute approximate surface area is 114 Å². The van der Waals surface area contributed by atoms with Crippen LogP contribution in [0.1, 0.15) is 17.3 Å². The highest BCUT2D eigenvalue weighted by atomic mass is 79.9. The second-order valence-corrected chi connectivity index (χ2v) is 4.53. The Hall–Kier alpha value is -0.650. The van der Waals surface area contributed by atoms with E-state index in [2.05, 4.69) is 21.2 Å². The summed E-state index contributed by atoms with van der Waals surface area (Å²) in [4.78, 5) is 11.7. The first-order valence-electron chi connectivity index (χ1n) is 4.98. The van der Waals surface area contributed by atoms with E-state index >= 15 is 0 Å². The minimum atomic E-state index is -0.430. The Morgan fingerprint density at radius 1 is 1.59 bits per heavy atom. The Morgan fingerprint density at radius 2 is 2.24 bits per heavy atom. The van der Waals surface area contributed by atoms with E-state index in [1.54, 1.807) is 0 Å². The molecule has 0 saturated carbocycles. The van der Waals surface area contributed by atoms with Gasteiger partial charge in [-0.3, -0.25) is 4.79 Å². The highest BCUT2D eigenvalue weighted by molar-refractivity contribution is 9.10. The molecule has 0 aliphatic carbocycles. The van der Waals surface area contributed by atoms with E-state index in [1.165, 1.54) is 18.2 Å². The lowest BCUT2D eigenvalue weighted by Gasteiger charge is -2.10. The zero-order valence-electron chi connectivity index (χ0n) is 9.37. The summed E-state index contributed by atoms with van der Waals surface area (Å²) in [6, 6.07) is 4.01. The number of benzene rings is 1. The van der Waals surface area contributed by atoms with Crippen LogP contribution < -0.4 is 11.1 Å². The monoisotopic (exact) mass is 324 g/mol. The van der Waals surface area contributed by atoms with E-state index in [0.29, 0.717) is 23.1 Å². The van der Waals surface area contributed by atoms with Gasteiger partial charge in [0.1, 0.15) is 5.82 Å². The molecule has 3 N–H and O–H groups in total. The van der Waals surface area contributed by atoms with E-state index in [9.17, 15) is 9.18 Å². The maximum Gasteiger partial charge on any atom is 0.252 e. The third-order valence-corrected chi connectivity index (χ3v) is 2.88. The third kappa shape index (κ3) is 5.02. The lowest BCUT2D eigenvalue weighted by atomic mass is 10.1. The Bertz CT molecular complexity index is 390. The van der Waals surface area contributed by atoms with Crippen LogP contribution in [0.3, 0.4) is 0 Å². The fourth-order valence-corrected chi connectivity index (χ4v) is 1.54. The molecule has 1 aromatic carbocycles. The molecule has 0 spiro atoms. The minimum Gasteiger partial charge on any atom is -0.352 e. The molecular formula is C11H15BrClFN2O. The van der Waals surface area contributed by atoms with Crippen LogP contribution in [0.25, 0.3) is 0 Å². The number of nitrogens with one attached hydrogen (secondary N) is 1. The zero-order chi connectivity index (χ0) is 12.1. The largest absolute Gasteiger partial charge is 0.352 e. The van der Waals surface area contributed by atoms with Crippen molar-refractivity contribution < 1.29 is 9.18 Å². The molecule has 1 rings (SSSR count). The van der Waals surface area contributed by atoms with Crippen LogP contribution in [0, 0.1) is 11.7 Å². The topological polar surface area (TPSA) is 55.1 Å². The van der Waals surface area contributed by atoms with Crippen molar-refractivity contribution in [2.24, 2.45) is 11.7 Å². The number of halogens is 3. The van der Waals surface area contributed by atoms with Crippen molar-refractivity contribution >= 4 is 34.2 Å². The van der Waals surface area contributed by atoms with Gasteiger partial charge < -0.3 is 11.1 Å². The van der Waals surface area contributed by atoms with Gasteiger partial charge in [0.05, 0.1) is 5.56 Å². The summed E-state index contributed by atoms with van der Waals surface area (Å²) >= 11 is 3.20. The number of amides is 1. The van der Waals surface area contributed by atoms with E-state index in [0.717, 1.165) is 0 Å². The fraction of sp³-hybridized carbons (Fsp3) is 0.364. The number of carbonyl (C=O) groups excluding carboxylic acids is 1. The molecule has 0 radical (unpaired) electrons. The molecule has 0 aliphatic heterocycles. The summed E-state index contributed by atoms with van der Waals surface area (Å²) in [6.45, 7) is 2.92. The van der Waals surface area contributed by atoms with Gasteiger partial charge in [-0.2, -0.15) is 0 Å². The summed E-state index contributed by atoms with van der Waals surface area (Å²) in [5.41, 5.74) is 5.73. The number of hydrogen-bond donors (Lipinski definition) is 2. The van der Waals surface area contributed by atoms with Gasteiger partial charge in [-0.05, 0) is 46.6 Å². The molecule has 96 valence electrons. The molecule has 1 amide bonds. The summed E-state index contributed by atoms with van der Waals surface area (Å²) in [7, 11) is 0. The van der Waals surface area contributed by atoms with Crippen LogP contribution >= 0.6 is 28.3 Å². The van der Waals surface area contributed by atoms with Gasteiger partial charge in [-0.25, -0.2) is 4.39 Å². The molecule has 1 aromatic rings. The number of carbonyl (C=O) groups is 1. The van der Waals surface area contributed by atoms with Crippen molar-refractivity contribution in [1.29, 1.82) is 0 Å². The highest BCUT2D eigenvalue weighted by Gasteiger charge is 2.11. The van der Waals surface area contributed by atoms with Crippen molar-refractivity contribution in [3.8, 4) is 0 Å². The SMILES string of the molecule is CC(CN)CNC(=O)c1cc(F)ccc1Br.Cl. The van der Waals surface area contributed by atoms with Crippen LogP contribution in [0.2, 0.25) is 0 Å². The standard InChI is InChI=1S/C11H14BrFN2O.ClH/c1-7(5-14)6-15-11(16)9-4-8(13)2-3-10(9)12;/h2-4,7H,5-6,14H2,1H3,(H,15,16);1H. The van der Waals surface area contributed by atoms with E-state index in [1.807, 2.05) is 6.92 Å². The molecule has 0 aliphatic rings. The van der Waals surface area contributed by atoms with Gasteiger partial charge in [0.15, 0.2) is 0 Å². The molecule has 6 heteroatoms. The summed E-state index contributed by atoms with van der Waals surface area (Å²) < 4.78 is 13.5. The molecule has 3 nitrogen and oxygen atoms in total. The molecular weight excluding hydrogens is 310 g/mol. The summed E-state index contributed by atoms with van der Waals surface area (Å²) in [5.74, 6) is -0.525. The third-order valence-electron chi connectivity index (χ3n) is 2.19. The van der Waals surface area contributed by atoms with Gasteiger partial charge in [0.2, 0.25) is 0 Å². The predicted octanol–water partition coefficient (Wildman–Crippen LogP) is 2.33. The van der Waals surface area contributed by atoms with Gasteiger partial charge >= 0.3 is 0 Å². The lowest BCUT2D eigenvalue weighted by Crippen LogP contribution is -2.31. The molecule has 1 unspecified atom stereocenters. The maximum atomic E-state index is 13.0. The van der Waals surface area contributed by atoms with E-state index in [4.69, 9.17) is 5.73 Å². The normalized spacial score (nSPS) is 11.5. The fourth-order valence-electron chi connectivity index (χ4n) is 1.12. The quantitative estimate of drug-likeness (QED) is 0.893. The average Bonchev–Trinajstić information content (AvgIpc) is 2.28. The Balaban J connectivity index is 0.00000256. The van der Waals surface area contributed by atoms with Crippen LogP contribution in [0.4, 0.5) is 4.39 Å². The molecule has 0 aromatic heterocycles. The molecule has 17 heavy (non-hydrogen) atoms. The summed E-state index contributed by atoms with van der Waals surface area (Å²) in [6.07, 6.45) is 0. The number of hydrogen-bond acceptors (Lipinski definition) is 2. The maximum absolute atomic E-state index is 13.0. The number of nitrogens with two attached hydrogens (primary N) is 1. The predicted molar refractivity (Wildman–Crippen MR) is 71.9 cm³/mol. The van der Waals surface area contributed by atoms with Crippen LogP contribution in [0.15, 0.2) is 22.7 Å². The van der Waals surface area contributed by atoms with E-state index in [-0.39, 0.29) is 24.2 Å². The number of rotatable bonds is 4. The average molecular weight is 326 g/mol. The first-order valence-corrected chi connectivity index (χ1v) is 5.77. The summed E-state index contributed by atoms with van der Waals surface area (Å²) in [5, 5.41) is 2.70. The first kappa shape index (κ1) is 16.4. The van der Waals surface area contributed by atoms with Gasteiger partial charge in [0.25, 0.3) is 5.91 Å². The zero-order valence-corrected chi connectivity index (χ0v) is 11.8. The first-order chi connectivity index (χ1) is 7.54. The van der Waals surface area contributed by atoms with E-state index < -0.39 is 5.82 Å². The van der Waals surface area contributed by atoms with Crippen molar-refractivity contribution in [1.82, 2.24) is 5.32 Å². The Morgan fingerprint density at radius 3 is 2.82 bits per heavy atom. The molecule has 0 fully saturated rings. The van der Waals surface area contributed by atoms with Gasteiger partial charge in [-0.15, -0.1) is 12.4 Å². The molecule has 0 saturated heterocycles. The Kier molecular flexibility index (Phi) is 7.34. The molecule has 1 atom stereocenters. The van der Waals surface area contributed by atoms with Crippen LogP contribution in [0.5, 0.6) is 0 Å². The van der Waals surface area contributed by atoms with Crippen LogP contribution in [-0.4, -0.2) is 19.0 Å². The van der Waals surface area contributed by atoms with Gasteiger partial charge in [-0.1, -0.05) is 6.92 Å². The highest BCUT2D eigenvalue weighted by Crippen LogP contribution is 2.17. The lowest BCUT2D eigenvalue weighted by molar-refractivity contribution is 0.0947. The molecule has 0 bridgehead atoms. The van der Waals surface area contributed by atoms with Gasteiger partial charge in [0, 0.05) is 11.0 Å². The van der Waals surface area contributed by atoms with Crippen molar-refractivity contribution in [2.45, 2.75) is 6.92 Å². The van der Waals surface area contributed by atoms with Crippen molar-refractivity contribution in [2.75, 3.05) is 13.1 Å². The second-order valence-electron chi connectivity index (χ2n) is 3.68. The minimum absolute atomic E-state index is 0. The van der Waals surface area contributed by atoms with Crippen molar-refractivity contribution in [3.63, 3.8) is 0 Å².